The number of piperidine rings is 1. The molecule has 1 fully saturated rings. The number of carbonyl (C=O) groups is 2. The molecular weight excluding hydrogens is 587 g/mol. The zero-order valence-electron chi connectivity index (χ0n) is 24.0. The van der Waals surface area contributed by atoms with Gasteiger partial charge in [0.15, 0.2) is 5.65 Å². The fraction of sp³-hybridized carbons (Fsp3) is 0.414. The van der Waals surface area contributed by atoms with Gasteiger partial charge in [0.1, 0.15) is 17.3 Å². The number of methoxy groups -OCH3 is 1. The maximum atomic E-state index is 13.8. The second-order valence-electron chi connectivity index (χ2n) is 10.1. The van der Waals surface area contributed by atoms with Crippen LogP contribution in [0.3, 0.4) is 0 Å². The lowest BCUT2D eigenvalue weighted by Gasteiger charge is -2.30. The number of imidazole rings is 1. The van der Waals surface area contributed by atoms with Crippen molar-refractivity contribution in [3.63, 3.8) is 0 Å². The minimum atomic E-state index is -4.55. The van der Waals surface area contributed by atoms with Crippen LogP contribution in [0.25, 0.3) is 5.65 Å². The van der Waals surface area contributed by atoms with Gasteiger partial charge in [0, 0.05) is 19.3 Å². The van der Waals surface area contributed by atoms with Crippen molar-refractivity contribution in [3.8, 4) is 17.6 Å². The van der Waals surface area contributed by atoms with E-state index in [1.807, 2.05) is 7.05 Å². The van der Waals surface area contributed by atoms with Crippen molar-refractivity contribution in [2.24, 2.45) is 0 Å². The first-order valence-corrected chi connectivity index (χ1v) is 14.1. The highest BCUT2D eigenvalue weighted by molar-refractivity contribution is 6.29. The molecule has 0 saturated carbocycles. The smallest absolute Gasteiger partial charge is 0.394 e. The highest BCUT2D eigenvalue weighted by atomic mass is 35.5. The van der Waals surface area contributed by atoms with Crippen LogP contribution in [0, 0.1) is 11.8 Å². The van der Waals surface area contributed by atoms with E-state index in [1.165, 1.54) is 24.8 Å². The van der Waals surface area contributed by atoms with Crippen LogP contribution in [-0.2, 0) is 11.2 Å². The van der Waals surface area contributed by atoms with E-state index < -0.39 is 18.5 Å². The number of halogens is 4. The van der Waals surface area contributed by atoms with E-state index in [2.05, 4.69) is 43.0 Å². The summed E-state index contributed by atoms with van der Waals surface area (Å²) in [5.41, 5.74) is 1.49. The summed E-state index contributed by atoms with van der Waals surface area (Å²) < 4.78 is 48.0. The van der Waals surface area contributed by atoms with Gasteiger partial charge in [-0.2, -0.15) is 13.2 Å². The average molecular weight is 620 g/mol. The first kappa shape index (κ1) is 31.8. The Morgan fingerprint density at radius 2 is 1.98 bits per heavy atom. The molecule has 0 atom stereocenters. The fourth-order valence-electron chi connectivity index (χ4n) is 4.86. The maximum Gasteiger partial charge on any atom is 0.394 e. The summed E-state index contributed by atoms with van der Waals surface area (Å²) in [5, 5.41) is 11.6. The van der Waals surface area contributed by atoms with Crippen LogP contribution >= 0.6 is 11.6 Å². The molecule has 2 amide bonds. The molecule has 0 unspecified atom stereocenters. The number of amides is 2. The van der Waals surface area contributed by atoms with Crippen LogP contribution in [0.2, 0.25) is 0 Å². The Hall–Kier alpha value is -4.15. The number of ether oxygens (including phenoxy) is 1. The molecular formula is C29H33ClF3N7O3. The largest absolute Gasteiger partial charge is 0.495 e. The highest BCUT2D eigenvalue weighted by Gasteiger charge is 2.32. The lowest BCUT2D eigenvalue weighted by Crippen LogP contribution is -2.36. The number of nitrogens with zero attached hydrogens (tertiary/aromatic N) is 3. The number of hydrogen-bond acceptors (Lipinski definition) is 7. The van der Waals surface area contributed by atoms with Crippen LogP contribution in [0.1, 0.15) is 34.6 Å². The van der Waals surface area contributed by atoms with E-state index in [9.17, 15) is 22.8 Å². The number of hydrogen-bond donors (Lipinski definition) is 4. The number of benzene rings is 1. The zero-order valence-corrected chi connectivity index (χ0v) is 24.7. The number of likely N-dealkylation sites (tertiary alicyclic amines) is 1. The van der Waals surface area contributed by atoms with Crippen molar-refractivity contribution in [1.29, 1.82) is 0 Å². The molecule has 4 N–H and O–H groups in total. The van der Waals surface area contributed by atoms with Crippen LogP contribution in [0.15, 0.2) is 30.5 Å². The molecule has 43 heavy (non-hydrogen) atoms. The molecule has 1 aliphatic heterocycles. The molecule has 1 aromatic carbocycles. The van der Waals surface area contributed by atoms with Crippen molar-refractivity contribution < 1.29 is 27.5 Å². The van der Waals surface area contributed by atoms with E-state index in [0.717, 1.165) is 25.9 Å². The normalized spacial score (nSPS) is 14.1. The Bertz CT molecular complexity index is 1540. The molecule has 0 aliphatic carbocycles. The fourth-order valence-corrected chi connectivity index (χ4v) is 4.93. The number of alkyl halides is 4. The molecule has 0 spiro atoms. The second-order valence-corrected chi connectivity index (χ2v) is 10.3. The Kier molecular flexibility index (Phi) is 10.3. The molecule has 0 bridgehead atoms. The monoisotopic (exact) mass is 619 g/mol. The van der Waals surface area contributed by atoms with Crippen molar-refractivity contribution in [1.82, 2.24) is 19.6 Å². The topological polar surface area (TPSA) is 112 Å². The molecule has 3 aromatic rings. The predicted molar refractivity (Wildman–Crippen MR) is 160 cm³/mol. The molecule has 1 aliphatic rings. The van der Waals surface area contributed by atoms with E-state index in [1.54, 1.807) is 24.3 Å². The summed E-state index contributed by atoms with van der Waals surface area (Å²) in [6.07, 6.45) is -2.80. The van der Waals surface area contributed by atoms with Gasteiger partial charge in [0.05, 0.1) is 48.4 Å². The lowest BCUT2D eigenvalue weighted by atomic mass is 10.1. The maximum absolute atomic E-state index is 13.8. The van der Waals surface area contributed by atoms with Crippen molar-refractivity contribution in [2.75, 3.05) is 62.7 Å². The van der Waals surface area contributed by atoms with Gasteiger partial charge < -0.3 is 30.9 Å². The Labute approximate surface area is 252 Å². The van der Waals surface area contributed by atoms with Gasteiger partial charge in [0.2, 0.25) is 5.91 Å². The van der Waals surface area contributed by atoms with Gasteiger partial charge in [-0.1, -0.05) is 12.0 Å². The summed E-state index contributed by atoms with van der Waals surface area (Å²) in [5.74, 6) is 4.86. The average Bonchev–Trinajstić information content (AvgIpc) is 3.31. The van der Waals surface area contributed by atoms with Crippen molar-refractivity contribution >= 4 is 46.1 Å². The van der Waals surface area contributed by atoms with E-state index >= 15 is 0 Å². The number of para-hydroxylation sites is 1. The van der Waals surface area contributed by atoms with Crippen LogP contribution in [-0.4, -0.2) is 85.0 Å². The van der Waals surface area contributed by atoms with Gasteiger partial charge in [-0.25, -0.2) is 4.98 Å². The standard InChI is InChI=1S/C29H33ClF3N7O3/c1-34-28(42)20-6-4-8-24(43-3)26(20)35-11-5-7-21-23(15-29(31,32)33)40-17-19(37-25(41)16-30)14-22(27(40)38-21)36-18-9-12-39(2)13-10-18/h4,6,8,14,17-18,35-36H,9-13,15-16H2,1-3H3,(H,34,42)(H,37,41). The molecule has 2 aromatic heterocycles. The third-order valence-electron chi connectivity index (χ3n) is 6.95. The summed E-state index contributed by atoms with van der Waals surface area (Å²) in [6, 6.07) is 6.66. The first-order chi connectivity index (χ1) is 20.5. The van der Waals surface area contributed by atoms with Crippen molar-refractivity contribution in [3.05, 3.63) is 47.4 Å². The van der Waals surface area contributed by atoms with E-state index in [-0.39, 0.29) is 47.1 Å². The van der Waals surface area contributed by atoms with Gasteiger partial charge in [-0.05, 0) is 57.1 Å². The summed E-state index contributed by atoms with van der Waals surface area (Å²) >= 11 is 5.67. The number of pyridine rings is 1. The Balaban J connectivity index is 1.73. The Morgan fingerprint density at radius 3 is 2.63 bits per heavy atom. The highest BCUT2D eigenvalue weighted by Crippen LogP contribution is 2.31. The number of rotatable bonds is 9. The minimum Gasteiger partial charge on any atom is -0.495 e. The second kappa shape index (κ2) is 13.9. The quantitative estimate of drug-likeness (QED) is 0.212. The molecule has 1 saturated heterocycles. The SMILES string of the molecule is CNC(=O)c1cccc(OC)c1NCC#Cc1nc2c(NC3CCN(C)CC3)cc(NC(=O)CCl)cn2c1CC(F)(F)F. The molecule has 230 valence electrons. The predicted octanol–water partition coefficient (Wildman–Crippen LogP) is 3.95. The number of fused-ring (bicyclic) bond motifs is 1. The molecule has 14 heteroatoms. The molecule has 3 heterocycles. The molecule has 0 radical (unpaired) electrons. The van der Waals surface area contributed by atoms with Crippen LogP contribution in [0.5, 0.6) is 5.75 Å². The number of nitrogens with one attached hydrogen (secondary N) is 4. The van der Waals surface area contributed by atoms with Gasteiger partial charge in [-0.15, -0.1) is 11.6 Å². The lowest BCUT2D eigenvalue weighted by molar-refractivity contribution is -0.128. The zero-order chi connectivity index (χ0) is 31.1. The summed E-state index contributed by atoms with van der Waals surface area (Å²) in [7, 11) is 4.99. The number of carbonyl (C=O) groups excluding carboxylic acids is 2. The number of aromatic nitrogens is 2. The minimum absolute atomic E-state index is 0.0125. The van der Waals surface area contributed by atoms with E-state index in [0.29, 0.717) is 22.7 Å². The third kappa shape index (κ3) is 8.03. The number of anilines is 3. The summed E-state index contributed by atoms with van der Waals surface area (Å²) in [6.45, 7) is 1.71. The Morgan fingerprint density at radius 1 is 1.23 bits per heavy atom. The van der Waals surface area contributed by atoms with Gasteiger partial charge in [0.25, 0.3) is 5.91 Å². The van der Waals surface area contributed by atoms with Crippen LogP contribution < -0.4 is 26.0 Å². The van der Waals surface area contributed by atoms with Gasteiger partial charge >= 0.3 is 6.18 Å². The van der Waals surface area contributed by atoms with Crippen LogP contribution in [0.4, 0.5) is 30.2 Å². The molecule has 4 rings (SSSR count). The first-order valence-electron chi connectivity index (χ1n) is 13.6. The van der Waals surface area contributed by atoms with E-state index in [4.69, 9.17) is 16.3 Å². The molecule has 10 nitrogen and oxygen atoms in total. The summed E-state index contributed by atoms with van der Waals surface area (Å²) in [4.78, 5) is 31.1. The van der Waals surface area contributed by atoms with Crippen molar-refractivity contribution in [2.45, 2.75) is 31.5 Å². The third-order valence-corrected chi connectivity index (χ3v) is 7.19. The van der Waals surface area contributed by atoms with Gasteiger partial charge in [-0.3, -0.25) is 14.0 Å².